The SMILES string of the molecule is N#CC1(CCl)CCNCC1. The highest BCUT2D eigenvalue weighted by Gasteiger charge is 2.30. The number of hydrogen-bond donors (Lipinski definition) is 1. The molecule has 2 nitrogen and oxygen atoms in total. The van der Waals surface area contributed by atoms with Crippen LogP contribution < -0.4 is 5.32 Å². The van der Waals surface area contributed by atoms with Crippen LogP contribution >= 0.6 is 11.6 Å². The molecule has 0 aromatic rings. The van der Waals surface area contributed by atoms with E-state index in [4.69, 9.17) is 16.9 Å². The number of halogens is 1. The molecule has 1 rings (SSSR count). The van der Waals surface area contributed by atoms with E-state index in [1.807, 2.05) is 0 Å². The molecule has 1 saturated heterocycles. The van der Waals surface area contributed by atoms with Gasteiger partial charge in [0.25, 0.3) is 0 Å². The summed E-state index contributed by atoms with van der Waals surface area (Å²) >= 11 is 5.69. The third kappa shape index (κ3) is 1.42. The van der Waals surface area contributed by atoms with E-state index < -0.39 is 0 Å². The van der Waals surface area contributed by atoms with Gasteiger partial charge in [0.1, 0.15) is 0 Å². The fourth-order valence-electron chi connectivity index (χ4n) is 1.18. The Hall–Kier alpha value is -0.260. The van der Waals surface area contributed by atoms with Crippen LogP contribution in [0.25, 0.3) is 0 Å². The van der Waals surface area contributed by atoms with Crippen molar-refractivity contribution in [3.63, 3.8) is 0 Å². The largest absolute Gasteiger partial charge is 0.317 e. The Morgan fingerprint density at radius 2 is 2.10 bits per heavy atom. The van der Waals surface area contributed by atoms with Crippen LogP contribution in [0.15, 0.2) is 0 Å². The average molecular weight is 159 g/mol. The zero-order chi connectivity index (χ0) is 7.45. The van der Waals surface area contributed by atoms with E-state index >= 15 is 0 Å². The first kappa shape index (κ1) is 7.84. The summed E-state index contributed by atoms with van der Waals surface area (Å²) in [6.45, 7) is 1.86. The van der Waals surface area contributed by atoms with E-state index in [0.717, 1.165) is 25.9 Å². The van der Waals surface area contributed by atoms with Crippen molar-refractivity contribution >= 4 is 11.6 Å². The summed E-state index contributed by atoms with van der Waals surface area (Å²) in [5.41, 5.74) is -0.229. The van der Waals surface area contributed by atoms with E-state index in [-0.39, 0.29) is 5.41 Å². The molecule has 3 heteroatoms. The Kier molecular flexibility index (Phi) is 2.53. The molecule has 0 saturated carbocycles. The van der Waals surface area contributed by atoms with Crippen LogP contribution in [0.2, 0.25) is 0 Å². The lowest BCUT2D eigenvalue weighted by atomic mass is 9.82. The number of nitriles is 1. The Morgan fingerprint density at radius 3 is 2.40 bits per heavy atom. The summed E-state index contributed by atoms with van der Waals surface area (Å²) in [6.07, 6.45) is 1.79. The van der Waals surface area contributed by atoms with E-state index in [2.05, 4.69) is 11.4 Å². The second-order valence-electron chi connectivity index (χ2n) is 2.78. The number of hydrogen-bond acceptors (Lipinski definition) is 2. The van der Waals surface area contributed by atoms with Crippen molar-refractivity contribution in [3.05, 3.63) is 0 Å². The topological polar surface area (TPSA) is 35.8 Å². The van der Waals surface area contributed by atoms with Gasteiger partial charge in [-0.15, -0.1) is 11.6 Å². The number of piperidine rings is 1. The van der Waals surface area contributed by atoms with Crippen LogP contribution in [0, 0.1) is 16.7 Å². The van der Waals surface area contributed by atoms with Gasteiger partial charge < -0.3 is 5.32 Å². The highest BCUT2D eigenvalue weighted by Crippen LogP contribution is 2.28. The molecule has 0 spiro atoms. The van der Waals surface area contributed by atoms with Gasteiger partial charge in [0.15, 0.2) is 0 Å². The van der Waals surface area contributed by atoms with Crippen molar-refractivity contribution in [2.24, 2.45) is 5.41 Å². The summed E-state index contributed by atoms with van der Waals surface area (Å²) in [5.74, 6) is 0.477. The first-order valence-corrected chi connectivity index (χ1v) is 4.04. The summed E-state index contributed by atoms with van der Waals surface area (Å²) in [5, 5.41) is 12.0. The molecule has 56 valence electrons. The van der Waals surface area contributed by atoms with E-state index in [1.54, 1.807) is 0 Å². The lowest BCUT2D eigenvalue weighted by Crippen LogP contribution is -2.36. The first-order valence-electron chi connectivity index (χ1n) is 3.51. The van der Waals surface area contributed by atoms with Gasteiger partial charge >= 0.3 is 0 Å². The molecule has 0 amide bonds. The van der Waals surface area contributed by atoms with Crippen molar-refractivity contribution in [2.75, 3.05) is 19.0 Å². The maximum atomic E-state index is 8.78. The molecule has 0 bridgehead atoms. The minimum absolute atomic E-state index is 0.229. The third-order valence-electron chi connectivity index (χ3n) is 2.05. The van der Waals surface area contributed by atoms with Crippen molar-refractivity contribution in [1.29, 1.82) is 5.26 Å². The van der Waals surface area contributed by atoms with Gasteiger partial charge in [0.2, 0.25) is 0 Å². The second kappa shape index (κ2) is 3.23. The molecule has 1 fully saturated rings. The van der Waals surface area contributed by atoms with Gasteiger partial charge in [-0.2, -0.15) is 5.26 Å². The normalized spacial score (nSPS) is 23.6. The fraction of sp³-hybridized carbons (Fsp3) is 0.857. The minimum atomic E-state index is -0.229. The molecule has 1 heterocycles. The van der Waals surface area contributed by atoms with Gasteiger partial charge in [0, 0.05) is 5.88 Å². The predicted molar refractivity (Wildman–Crippen MR) is 40.9 cm³/mol. The number of rotatable bonds is 1. The van der Waals surface area contributed by atoms with Crippen LogP contribution in [0.3, 0.4) is 0 Å². The molecule has 0 aromatic carbocycles. The highest BCUT2D eigenvalue weighted by molar-refractivity contribution is 6.18. The lowest BCUT2D eigenvalue weighted by molar-refractivity contribution is 0.316. The van der Waals surface area contributed by atoms with E-state index in [9.17, 15) is 0 Å². The molecule has 0 unspecified atom stereocenters. The van der Waals surface area contributed by atoms with E-state index in [0.29, 0.717) is 5.88 Å². The third-order valence-corrected chi connectivity index (χ3v) is 2.57. The Bertz CT molecular complexity index is 144. The van der Waals surface area contributed by atoms with Gasteiger partial charge in [-0.25, -0.2) is 0 Å². The van der Waals surface area contributed by atoms with Crippen LogP contribution in [0.5, 0.6) is 0 Å². The molecule has 0 atom stereocenters. The van der Waals surface area contributed by atoms with Crippen LogP contribution in [0.4, 0.5) is 0 Å². The van der Waals surface area contributed by atoms with Crippen molar-refractivity contribution in [3.8, 4) is 6.07 Å². The lowest BCUT2D eigenvalue weighted by Gasteiger charge is -2.28. The van der Waals surface area contributed by atoms with Gasteiger partial charge in [-0.3, -0.25) is 0 Å². The number of nitrogens with one attached hydrogen (secondary N) is 1. The maximum Gasteiger partial charge on any atom is 0.0733 e. The minimum Gasteiger partial charge on any atom is -0.317 e. The monoisotopic (exact) mass is 158 g/mol. The van der Waals surface area contributed by atoms with Gasteiger partial charge in [-0.05, 0) is 25.9 Å². The molecular formula is C7H11ClN2. The number of nitrogens with zero attached hydrogens (tertiary/aromatic N) is 1. The predicted octanol–water partition coefficient (Wildman–Crippen LogP) is 1.12. The first-order chi connectivity index (χ1) is 4.83. The van der Waals surface area contributed by atoms with Crippen molar-refractivity contribution in [1.82, 2.24) is 5.32 Å². The smallest absolute Gasteiger partial charge is 0.0733 e. The fourth-order valence-corrected chi connectivity index (χ4v) is 1.51. The zero-order valence-corrected chi connectivity index (χ0v) is 6.62. The summed E-state index contributed by atoms with van der Waals surface area (Å²) in [6, 6.07) is 2.30. The molecule has 0 radical (unpaired) electrons. The van der Waals surface area contributed by atoms with E-state index in [1.165, 1.54) is 0 Å². The standard InChI is InChI=1S/C7H11ClN2/c8-5-7(6-9)1-3-10-4-2-7/h10H,1-5H2. The maximum absolute atomic E-state index is 8.78. The van der Waals surface area contributed by atoms with Crippen LogP contribution in [-0.2, 0) is 0 Å². The van der Waals surface area contributed by atoms with Crippen molar-refractivity contribution in [2.45, 2.75) is 12.8 Å². The molecule has 0 aliphatic carbocycles. The second-order valence-corrected chi connectivity index (χ2v) is 3.04. The summed E-state index contributed by atoms with van der Waals surface area (Å²) < 4.78 is 0. The van der Waals surface area contributed by atoms with Crippen molar-refractivity contribution < 1.29 is 0 Å². The Labute approximate surface area is 66.2 Å². The van der Waals surface area contributed by atoms with Crippen LogP contribution in [-0.4, -0.2) is 19.0 Å². The highest BCUT2D eigenvalue weighted by atomic mass is 35.5. The summed E-state index contributed by atoms with van der Waals surface area (Å²) in [4.78, 5) is 0. The zero-order valence-electron chi connectivity index (χ0n) is 5.86. The van der Waals surface area contributed by atoms with Gasteiger partial charge in [-0.1, -0.05) is 0 Å². The van der Waals surface area contributed by atoms with Crippen LogP contribution in [0.1, 0.15) is 12.8 Å². The molecular weight excluding hydrogens is 148 g/mol. The number of alkyl halides is 1. The molecule has 1 N–H and O–H groups in total. The Morgan fingerprint density at radius 1 is 1.50 bits per heavy atom. The summed E-state index contributed by atoms with van der Waals surface area (Å²) in [7, 11) is 0. The molecule has 0 aromatic heterocycles. The molecule has 1 aliphatic rings. The molecule has 1 aliphatic heterocycles. The quantitative estimate of drug-likeness (QED) is 0.581. The molecule has 10 heavy (non-hydrogen) atoms. The van der Waals surface area contributed by atoms with Gasteiger partial charge in [0.05, 0.1) is 11.5 Å². The Balaban J connectivity index is 2.55. The average Bonchev–Trinajstić information content (AvgIpc) is 2.06.